The summed E-state index contributed by atoms with van der Waals surface area (Å²) in [5, 5.41) is 20.3. The van der Waals surface area contributed by atoms with Gasteiger partial charge in [0.1, 0.15) is 0 Å². The summed E-state index contributed by atoms with van der Waals surface area (Å²) in [4.78, 5) is 2.23. The van der Waals surface area contributed by atoms with Gasteiger partial charge < -0.3 is 19.5 Å². The first-order valence-corrected chi connectivity index (χ1v) is 10.5. The second-order valence-corrected chi connectivity index (χ2v) is 7.65. The first-order chi connectivity index (χ1) is 15.0. The average molecular weight is 419 g/mol. The minimum Gasteiger partial charge on any atom is -0.493 e. The van der Waals surface area contributed by atoms with Gasteiger partial charge in [0.25, 0.3) is 0 Å². The highest BCUT2D eigenvalue weighted by Gasteiger charge is 2.31. The van der Waals surface area contributed by atoms with Crippen LogP contribution in [-0.4, -0.2) is 43.4 Å². The van der Waals surface area contributed by atoms with Crippen molar-refractivity contribution in [3.05, 3.63) is 76.5 Å². The van der Waals surface area contributed by atoms with Crippen molar-refractivity contribution in [3.63, 3.8) is 0 Å². The Morgan fingerprint density at radius 2 is 1.77 bits per heavy atom. The SMILES string of the molecule is COc1ccc(C2=C(C#N)C(C)N(CCCc3ccccc3)C(C)=C2CO)cc1OC. The van der Waals surface area contributed by atoms with E-state index in [4.69, 9.17) is 9.47 Å². The summed E-state index contributed by atoms with van der Waals surface area (Å²) in [5.41, 5.74) is 5.37. The third kappa shape index (κ3) is 4.60. The van der Waals surface area contributed by atoms with E-state index in [0.29, 0.717) is 17.1 Å². The first-order valence-electron chi connectivity index (χ1n) is 10.5. The summed E-state index contributed by atoms with van der Waals surface area (Å²) >= 11 is 0. The van der Waals surface area contributed by atoms with Crippen LogP contribution in [0.4, 0.5) is 0 Å². The summed E-state index contributed by atoms with van der Waals surface area (Å²) in [5.74, 6) is 1.22. The minimum absolute atomic E-state index is 0.0841. The molecule has 1 unspecified atom stereocenters. The summed E-state index contributed by atoms with van der Waals surface area (Å²) in [6, 6.07) is 18.3. The van der Waals surface area contributed by atoms with Crippen LogP contribution in [0.15, 0.2) is 65.4 Å². The van der Waals surface area contributed by atoms with Crippen molar-refractivity contribution in [2.75, 3.05) is 27.4 Å². The van der Waals surface area contributed by atoms with Crippen LogP contribution >= 0.6 is 0 Å². The van der Waals surface area contributed by atoms with E-state index in [0.717, 1.165) is 41.8 Å². The number of methoxy groups -OCH3 is 2. The van der Waals surface area contributed by atoms with E-state index in [2.05, 4.69) is 42.2 Å². The number of nitriles is 1. The number of hydrogen-bond donors (Lipinski definition) is 1. The summed E-state index contributed by atoms with van der Waals surface area (Å²) in [6.45, 7) is 4.76. The number of hydrogen-bond acceptors (Lipinski definition) is 5. The number of benzene rings is 2. The van der Waals surface area contributed by atoms with Gasteiger partial charge in [0.2, 0.25) is 0 Å². The molecule has 0 bridgehead atoms. The maximum Gasteiger partial charge on any atom is 0.161 e. The molecule has 5 heteroatoms. The average Bonchev–Trinajstić information content (AvgIpc) is 2.81. The van der Waals surface area contributed by atoms with Crippen LogP contribution in [0.1, 0.15) is 31.4 Å². The molecule has 2 aromatic carbocycles. The molecule has 1 atom stereocenters. The molecular formula is C26H30N2O3. The molecule has 0 radical (unpaired) electrons. The zero-order valence-electron chi connectivity index (χ0n) is 18.7. The Balaban J connectivity index is 1.94. The Kier molecular flexibility index (Phi) is 7.38. The van der Waals surface area contributed by atoms with E-state index in [1.54, 1.807) is 14.2 Å². The highest BCUT2D eigenvalue weighted by molar-refractivity contribution is 5.87. The molecule has 1 heterocycles. The molecule has 0 aliphatic carbocycles. The zero-order valence-corrected chi connectivity index (χ0v) is 18.7. The number of aryl methyl sites for hydroxylation is 1. The predicted octanol–water partition coefficient (Wildman–Crippen LogP) is 4.58. The summed E-state index contributed by atoms with van der Waals surface area (Å²) < 4.78 is 10.8. The van der Waals surface area contributed by atoms with Crippen molar-refractivity contribution in [2.24, 2.45) is 0 Å². The normalized spacial score (nSPS) is 16.4. The van der Waals surface area contributed by atoms with E-state index >= 15 is 0 Å². The van der Waals surface area contributed by atoms with Gasteiger partial charge in [0.05, 0.1) is 38.5 Å². The topological polar surface area (TPSA) is 65.7 Å². The molecule has 31 heavy (non-hydrogen) atoms. The third-order valence-corrected chi connectivity index (χ3v) is 5.98. The van der Waals surface area contributed by atoms with Crippen LogP contribution in [0.3, 0.4) is 0 Å². The van der Waals surface area contributed by atoms with Gasteiger partial charge in [-0.3, -0.25) is 0 Å². The van der Waals surface area contributed by atoms with Crippen LogP contribution < -0.4 is 9.47 Å². The largest absolute Gasteiger partial charge is 0.493 e. The van der Waals surface area contributed by atoms with Gasteiger partial charge >= 0.3 is 0 Å². The molecule has 2 aromatic rings. The van der Waals surface area contributed by atoms with Crippen LogP contribution in [0, 0.1) is 11.3 Å². The van der Waals surface area contributed by atoms with Gasteiger partial charge in [-0.15, -0.1) is 0 Å². The number of rotatable bonds is 8. The Morgan fingerprint density at radius 1 is 1.06 bits per heavy atom. The lowest BCUT2D eigenvalue weighted by Gasteiger charge is -2.38. The van der Waals surface area contributed by atoms with E-state index < -0.39 is 0 Å². The van der Waals surface area contributed by atoms with E-state index in [1.807, 2.05) is 31.2 Å². The lowest BCUT2D eigenvalue weighted by molar-refractivity contribution is 0.276. The fourth-order valence-electron chi connectivity index (χ4n) is 4.30. The zero-order chi connectivity index (χ0) is 22.4. The van der Waals surface area contributed by atoms with E-state index in [1.165, 1.54) is 5.56 Å². The number of allylic oxidation sites excluding steroid dienone is 1. The molecule has 1 aliphatic rings. The maximum atomic E-state index is 10.3. The summed E-state index contributed by atoms with van der Waals surface area (Å²) in [7, 11) is 3.18. The Bertz CT molecular complexity index is 1020. The highest BCUT2D eigenvalue weighted by Crippen LogP contribution is 2.40. The molecule has 0 saturated heterocycles. The molecule has 1 N–H and O–H groups in total. The van der Waals surface area contributed by atoms with Gasteiger partial charge in [-0.05, 0) is 49.9 Å². The highest BCUT2D eigenvalue weighted by atomic mass is 16.5. The first kappa shape index (κ1) is 22.5. The monoisotopic (exact) mass is 418 g/mol. The van der Waals surface area contributed by atoms with Crippen molar-refractivity contribution in [2.45, 2.75) is 32.7 Å². The molecule has 5 nitrogen and oxygen atoms in total. The fourth-order valence-corrected chi connectivity index (χ4v) is 4.30. The van der Waals surface area contributed by atoms with E-state index in [-0.39, 0.29) is 12.6 Å². The quantitative estimate of drug-likeness (QED) is 0.680. The molecule has 0 amide bonds. The van der Waals surface area contributed by atoms with Gasteiger partial charge in [-0.2, -0.15) is 5.26 Å². The molecule has 162 valence electrons. The second-order valence-electron chi connectivity index (χ2n) is 7.65. The smallest absolute Gasteiger partial charge is 0.161 e. The number of ether oxygens (including phenoxy) is 2. The van der Waals surface area contributed by atoms with Crippen molar-refractivity contribution < 1.29 is 14.6 Å². The molecule has 0 aromatic heterocycles. The van der Waals surface area contributed by atoms with Crippen LogP contribution in [0.25, 0.3) is 5.57 Å². The van der Waals surface area contributed by atoms with Gasteiger partial charge in [0.15, 0.2) is 11.5 Å². The molecule has 1 aliphatic heterocycles. The maximum absolute atomic E-state index is 10.3. The molecular weight excluding hydrogens is 388 g/mol. The van der Waals surface area contributed by atoms with Crippen LogP contribution in [0.2, 0.25) is 0 Å². The summed E-state index contributed by atoms with van der Waals surface area (Å²) in [6.07, 6.45) is 1.94. The number of aliphatic hydroxyl groups excluding tert-OH is 1. The number of aliphatic hydroxyl groups is 1. The van der Waals surface area contributed by atoms with Gasteiger partial charge in [-0.25, -0.2) is 0 Å². The number of nitrogens with zero attached hydrogens (tertiary/aromatic N) is 2. The third-order valence-electron chi connectivity index (χ3n) is 5.98. The lowest BCUT2D eigenvalue weighted by Crippen LogP contribution is -2.38. The molecule has 0 spiro atoms. The van der Waals surface area contributed by atoms with Crippen molar-refractivity contribution in [1.82, 2.24) is 4.90 Å². The molecule has 3 rings (SSSR count). The second kappa shape index (κ2) is 10.2. The fraction of sp³-hybridized carbons (Fsp3) is 0.346. The molecule has 0 saturated carbocycles. The van der Waals surface area contributed by atoms with E-state index in [9.17, 15) is 10.4 Å². The van der Waals surface area contributed by atoms with Crippen LogP contribution in [0.5, 0.6) is 11.5 Å². The van der Waals surface area contributed by atoms with Gasteiger partial charge in [-0.1, -0.05) is 36.4 Å². The lowest BCUT2D eigenvalue weighted by atomic mass is 9.85. The standard InChI is InChI=1S/C26H30N2O3/c1-18-22(16-27)26(21-12-13-24(30-3)25(15-21)31-4)23(17-29)19(2)28(18)14-8-11-20-9-6-5-7-10-20/h5-7,9-10,12-13,15,18,29H,8,11,14,17H2,1-4H3. The van der Waals surface area contributed by atoms with Crippen molar-refractivity contribution in [1.29, 1.82) is 5.26 Å². The minimum atomic E-state index is -0.136. The molecule has 0 fully saturated rings. The van der Waals surface area contributed by atoms with Crippen molar-refractivity contribution in [3.8, 4) is 17.6 Å². The van der Waals surface area contributed by atoms with Crippen LogP contribution in [-0.2, 0) is 6.42 Å². The Morgan fingerprint density at radius 3 is 2.39 bits per heavy atom. The van der Waals surface area contributed by atoms with Crippen molar-refractivity contribution >= 4 is 5.57 Å². The van der Waals surface area contributed by atoms with Gasteiger partial charge in [0, 0.05) is 23.4 Å². The Labute approximate surface area is 184 Å². The Hall–Kier alpha value is -3.23. The predicted molar refractivity (Wildman–Crippen MR) is 123 cm³/mol.